The van der Waals surface area contributed by atoms with E-state index < -0.39 is 16.0 Å². The number of carboxylic acid groups (broad SMARTS) is 1. The Labute approximate surface area is 176 Å². The summed E-state index contributed by atoms with van der Waals surface area (Å²) in [6.45, 7) is 5.13. The predicted molar refractivity (Wildman–Crippen MR) is 115 cm³/mol. The lowest BCUT2D eigenvalue weighted by atomic mass is 10.2. The summed E-state index contributed by atoms with van der Waals surface area (Å²) in [5, 5.41) is 9.30. The van der Waals surface area contributed by atoms with Crippen LogP contribution in [0.2, 0.25) is 0 Å². The van der Waals surface area contributed by atoms with E-state index in [1.807, 2.05) is 30.8 Å². The molecular formula is C20H26N4O5S. The van der Waals surface area contributed by atoms with Crippen molar-refractivity contribution in [1.82, 2.24) is 9.88 Å². The highest BCUT2D eigenvalue weighted by atomic mass is 32.2. The largest absolute Gasteiger partial charge is 0.478 e. The van der Waals surface area contributed by atoms with Crippen LogP contribution < -0.4 is 9.62 Å². The van der Waals surface area contributed by atoms with Crippen LogP contribution in [0.25, 0.3) is 0 Å². The molecule has 0 spiro atoms. The summed E-state index contributed by atoms with van der Waals surface area (Å²) in [5.74, 6) is -1.04. The minimum absolute atomic E-state index is 0.0458. The maximum absolute atomic E-state index is 12.9. The number of carbonyl (C=O) groups excluding carboxylic acids is 1. The average molecular weight is 435 g/mol. The molecule has 0 bridgehead atoms. The topological polar surface area (TPSA) is 120 Å². The zero-order chi connectivity index (χ0) is 22.5. The molecule has 30 heavy (non-hydrogen) atoms. The summed E-state index contributed by atoms with van der Waals surface area (Å²) >= 11 is 0. The lowest BCUT2D eigenvalue weighted by Crippen LogP contribution is -2.33. The molecule has 0 unspecified atom stereocenters. The van der Waals surface area contributed by atoms with Gasteiger partial charge in [-0.25, -0.2) is 18.2 Å². The monoisotopic (exact) mass is 434 g/mol. The summed E-state index contributed by atoms with van der Waals surface area (Å²) in [6.07, 6.45) is 1.20. The average Bonchev–Trinajstić information content (AvgIpc) is 2.68. The summed E-state index contributed by atoms with van der Waals surface area (Å²) in [4.78, 5) is 30.8. The van der Waals surface area contributed by atoms with Gasteiger partial charge < -0.3 is 14.9 Å². The smallest absolute Gasteiger partial charge is 0.337 e. The third-order valence-electron chi connectivity index (χ3n) is 4.43. The van der Waals surface area contributed by atoms with Crippen molar-refractivity contribution in [2.75, 3.05) is 43.4 Å². The maximum atomic E-state index is 12.9. The second-order valence-corrected chi connectivity index (χ2v) is 8.65. The number of hydrogen-bond acceptors (Lipinski definition) is 7. The number of aromatic nitrogens is 1. The Bertz CT molecular complexity index is 1020. The van der Waals surface area contributed by atoms with E-state index in [9.17, 15) is 23.1 Å². The molecule has 1 aromatic carbocycles. The van der Waals surface area contributed by atoms with Gasteiger partial charge in [-0.2, -0.15) is 0 Å². The van der Waals surface area contributed by atoms with Crippen LogP contribution in [0.3, 0.4) is 0 Å². The van der Waals surface area contributed by atoms with Gasteiger partial charge in [0.15, 0.2) is 11.6 Å². The Morgan fingerprint density at radius 3 is 2.23 bits per heavy atom. The summed E-state index contributed by atoms with van der Waals surface area (Å²) in [7, 11) is -0.186. The summed E-state index contributed by atoms with van der Waals surface area (Å²) in [6, 6.07) is 6.77. The Hall–Kier alpha value is -2.98. The normalized spacial score (nSPS) is 11.4. The van der Waals surface area contributed by atoms with Crippen molar-refractivity contribution in [3.05, 3.63) is 47.7 Å². The number of pyridine rings is 1. The molecule has 1 heterocycles. The number of likely N-dealkylation sites (N-methyl/N-ethyl adjacent to an activating group) is 2. The summed E-state index contributed by atoms with van der Waals surface area (Å²) < 4.78 is 28.2. The Balaban J connectivity index is 2.45. The van der Waals surface area contributed by atoms with Gasteiger partial charge in [0, 0.05) is 31.4 Å². The fourth-order valence-corrected chi connectivity index (χ4v) is 3.76. The van der Waals surface area contributed by atoms with Crippen LogP contribution in [0.1, 0.15) is 34.6 Å². The van der Waals surface area contributed by atoms with Crippen LogP contribution in [0, 0.1) is 0 Å². The van der Waals surface area contributed by atoms with E-state index in [4.69, 9.17) is 0 Å². The number of nitrogens with one attached hydrogen (secondary N) is 1. The predicted octanol–water partition coefficient (Wildman–Crippen LogP) is 2.17. The molecule has 0 aliphatic heterocycles. The van der Waals surface area contributed by atoms with Crippen molar-refractivity contribution in [2.45, 2.75) is 18.7 Å². The third kappa shape index (κ3) is 5.77. The number of aromatic carboxylic acids is 1. The minimum atomic E-state index is -4.03. The number of Topliss-reactive ketones (excluding diaryl/α,β-unsaturated/α-hetero) is 1. The minimum Gasteiger partial charge on any atom is -0.478 e. The fourth-order valence-electron chi connectivity index (χ4n) is 2.71. The molecule has 2 rings (SSSR count). The highest BCUT2D eigenvalue weighted by Gasteiger charge is 2.21. The first kappa shape index (κ1) is 23.3. The van der Waals surface area contributed by atoms with Gasteiger partial charge in [-0.3, -0.25) is 9.52 Å². The Morgan fingerprint density at radius 2 is 1.73 bits per heavy atom. The second kappa shape index (κ2) is 9.68. The van der Waals surface area contributed by atoms with Crippen LogP contribution in [0.4, 0.5) is 11.5 Å². The molecule has 162 valence electrons. The number of carboxylic acids is 1. The molecule has 0 atom stereocenters. The van der Waals surface area contributed by atoms with Crippen LogP contribution in [0.5, 0.6) is 0 Å². The third-order valence-corrected chi connectivity index (χ3v) is 5.81. The quantitative estimate of drug-likeness (QED) is 0.546. The van der Waals surface area contributed by atoms with Crippen molar-refractivity contribution in [3.8, 4) is 0 Å². The SMILES string of the molecule is CCN(CCN(C)C)c1ncc(C(=O)O)cc1NS(=O)(=O)c1ccc(C(C)=O)cc1. The zero-order valence-electron chi connectivity index (χ0n) is 17.4. The van der Waals surface area contributed by atoms with E-state index in [1.165, 1.54) is 43.5 Å². The van der Waals surface area contributed by atoms with E-state index >= 15 is 0 Å². The van der Waals surface area contributed by atoms with E-state index in [0.29, 0.717) is 31.0 Å². The van der Waals surface area contributed by atoms with Gasteiger partial charge in [0.2, 0.25) is 0 Å². The first-order chi connectivity index (χ1) is 14.0. The van der Waals surface area contributed by atoms with Crippen LogP contribution >= 0.6 is 0 Å². The lowest BCUT2D eigenvalue weighted by molar-refractivity contribution is 0.0696. The molecule has 10 heteroatoms. The van der Waals surface area contributed by atoms with Gasteiger partial charge in [-0.05, 0) is 46.1 Å². The van der Waals surface area contributed by atoms with Gasteiger partial charge >= 0.3 is 5.97 Å². The van der Waals surface area contributed by atoms with E-state index in [-0.39, 0.29) is 21.9 Å². The van der Waals surface area contributed by atoms with Gasteiger partial charge in [0.05, 0.1) is 16.1 Å². The number of hydrogen-bond donors (Lipinski definition) is 2. The Morgan fingerprint density at radius 1 is 1.10 bits per heavy atom. The number of carbonyl (C=O) groups is 2. The van der Waals surface area contributed by atoms with E-state index in [2.05, 4.69) is 9.71 Å². The number of rotatable bonds is 10. The van der Waals surface area contributed by atoms with Gasteiger partial charge in [0.25, 0.3) is 10.0 Å². The molecular weight excluding hydrogens is 408 g/mol. The second-order valence-electron chi connectivity index (χ2n) is 6.97. The first-order valence-electron chi connectivity index (χ1n) is 9.32. The molecule has 0 fully saturated rings. The first-order valence-corrected chi connectivity index (χ1v) is 10.8. The molecule has 2 aromatic rings. The molecule has 0 saturated heterocycles. The molecule has 0 saturated carbocycles. The number of benzene rings is 1. The molecule has 0 aliphatic carbocycles. The van der Waals surface area contributed by atoms with Crippen LogP contribution in [-0.2, 0) is 10.0 Å². The fraction of sp³-hybridized carbons (Fsp3) is 0.350. The molecule has 2 N–H and O–H groups in total. The van der Waals surface area contributed by atoms with E-state index in [0.717, 1.165) is 0 Å². The lowest BCUT2D eigenvalue weighted by Gasteiger charge is -2.26. The number of sulfonamides is 1. The number of nitrogens with zero attached hydrogens (tertiary/aromatic N) is 3. The molecule has 9 nitrogen and oxygen atoms in total. The van der Waals surface area contributed by atoms with Gasteiger partial charge in [0.1, 0.15) is 0 Å². The summed E-state index contributed by atoms with van der Waals surface area (Å²) in [5.41, 5.74) is 0.336. The number of anilines is 2. The van der Waals surface area contributed by atoms with Gasteiger partial charge in [-0.1, -0.05) is 12.1 Å². The standard InChI is InChI=1S/C20H26N4O5S/c1-5-24(11-10-23(3)4)19-18(12-16(13-21-19)20(26)27)22-30(28,29)17-8-6-15(7-9-17)14(2)25/h6-9,12-13,22H,5,10-11H2,1-4H3,(H,26,27). The highest BCUT2D eigenvalue weighted by molar-refractivity contribution is 7.92. The molecule has 0 aliphatic rings. The number of ketones is 1. The zero-order valence-corrected chi connectivity index (χ0v) is 18.2. The van der Waals surface area contributed by atoms with Crippen molar-refractivity contribution < 1.29 is 23.1 Å². The van der Waals surface area contributed by atoms with Crippen molar-refractivity contribution in [2.24, 2.45) is 0 Å². The van der Waals surface area contributed by atoms with Gasteiger partial charge in [-0.15, -0.1) is 0 Å². The van der Waals surface area contributed by atoms with Crippen molar-refractivity contribution >= 4 is 33.3 Å². The van der Waals surface area contributed by atoms with Crippen LogP contribution in [0.15, 0.2) is 41.4 Å². The molecule has 0 radical (unpaired) electrons. The molecule has 1 aromatic heterocycles. The Kier molecular flexibility index (Phi) is 7.52. The van der Waals surface area contributed by atoms with Crippen LogP contribution in [-0.4, -0.2) is 68.9 Å². The van der Waals surface area contributed by atoms with E-state index in [1.54, 1.807) is 0 Å². The molecule has 0 amide bonds. The van der Waals surface area contributed by atoms with Crippen molar-refractivity contribution in [3.63, 3.8) is 0 Å². The highest BCUT2D eigenvalue weighted by Crippen LogP contribution is 2.27. The maximum Gasteiger partial charge on any atom is 0.337 e. The van der Waals surface area contributed by atoms with Crippen molar-refractivity contribution in [1.29, 1.82) is 0 Å².